The number of hydrogen-bond donors (Lipinski definition) is 1. The topological polar surface area (TPSA) is 68.2 Å². The van der Waals surface area contributed by atoms with Gasteiger partial charge in [0, 0.05) is 25.6 Å². The van der Waals surface area contributed by atoms with Gasteiger partial charge in [-0.3, -0.25) is 4.90 Å². The Morgan fingerprint density at radius 2 is 2.38 bits per heavy atom. The van der Waals surface area contributed by atoms with Gasteiger partial charge in [-0.2, -0.15) is 4.98 Å². The molecule has 1 aliphatic rings. The molecule has 0 bridgehead atoms. The molecule has 13 heavy (non-hydrogen) atoms. The molecule has 0 amide bonds. The summed E-state index contributed by atoms with van der Waals surface area (Å²) in [4.78, 5) is 6.41. The maximum atomic E-state index is 5.65. The molecule has 1 saturated heterocycles. The van der Waals surface area contributed by atoms with Crippen molar-refractivity contribution < 1.29 is 4.52 Å². The van der Waals surface area contributed by atoms with Gasteiger partial charge in [0.15, 0.2) is 5.82 Å². The first-order chi connectivity index (χ1) is 6.28. The van der Waals surface area contributed by atoms with E-state index < -0.39 is 0 Å². The Balaban J connectivity index is 1.87. The predicted molar refractivity (Wildman–Crippen MR) is 46.9 cm³/mol. The van der Waals surface area contributed by atoms with Gasteiger partial charge in [-0.05, 0) is 0 Å². The molecule has 5 heteroatoms. The Bertz CT molecular complexity index is 279. The molecular formula is C8H14N4O. The Morgan fingerprint density at radius 1 is 1.62 bits per heavy atom. The van der Waals surface area contributed by atoms with E-state index in [2.05, 4.69) is 15.0 Å². The van der Waals surface area contributed by atoms with E-state index in [0.29, 0.717) is 11.9 Å². The summed E-state index contributed by atoms with van der Waals surface area (Å²) in [5.41, 5.74) is 5.65. The summed E-state index contributed by atoms with van der Waals surface area (Å²) in [5.74, 6) is 1.48. The zero-order valence-corrected chi connectivity index (χ0v) is 7.73. The van der Waals surface area contributed by atoms with Crippen molar-refractivity contribution >= 4 is 0 Å². The smallest absolute Gasteiger partial charge is 0.240 e. The van der Waals surface area contributed by atoms with Crippen LogP contribution in [0.1, 0.15) is 18.6 Å². The first kappa shape index (κ1) is 8.65. The summed E-state index contributed by atoms with van der Waals surface area (Å²) in [5, 5.41) is 3.82. The van der Waals surface area contributed by atoms with Crippen LogP contribution in [0.5, 0.6) is 0 Å². The summed E-state index contributed by atoms with van der Waals surface area (Å²) in [7, 11) is 0. The third kappa shape index (κ3) is 1.87. The van der Waals surface area contributed by atoms with Gasteiger partial charge in [0.25, 0.3) is 0 Å². The number of rotatable bonds is 3. The van der Waals surface area contributed by atoms with Crippen molar-refractivity contribution in [3.8, 4) is 0 Å². The fourth-order valence-electron chi connectivity index (χ4n) is 1.43. The van der Waals surface area contributed by atoms with Crippen molar-refractivity contribution in [3.63, 3.8) is 0 Å². The minimum atomic E-state index is 0.327. The molecule has 0 atom stereocenters. The van der Waals surface area contributed by atoms with Crippen LogP contribution in [0.15, 0.2) is 4.52 Å². The lowest BCUT2D eigenvalue weighted by Gasteiger charge is -2.35. The molecule has 2 N–H and O–H groups in total. The predicted octanol–water partition coefficient (Wildman–Crippen LogP) is -0.225. The second-order valence-corrected chi connectivity index (χ2v) is 3.41. The van der Waals surface area contributed by atoms with E-state index >= 15 is 0 Å². The quantitative estimate of drug-likeness (QED) is 0.699. The molecule has 1 aliphatic heterocycles. The Kier molecular flexibility index (Phi) is 2.28. The van der Waals surface area contributed by atoms with Gasteiger partial charge in [0.2, 0.25) is 5.89 Å². The normalized spacial score (nSPS) is 18.9. The van der Waals surface area contributed by atoms with Crippen LogP contribution < -0.4 is 5.73 Å². The first-order valence-corrected chi connectivity index (χ1v) is 4.57. The fraction of sp³-hybridized carbons (Fsp3) is 0.750. The van der Waals surface area contributed by atoms with E-state index in [-0.39, 0.29) is 0 Å². The molecule has 0 aliphatic carbocycles. The van der Waals surface area contributed by atoms with Crippen LogP contribution in [0.2, 0.25) is 0 Å². The Morgan fingerprint density at radius 3 is 2.92 bits per heavy atom. The van der Waals surface area contributed by atoms with Crippen LogP contribution in [-0.4, -0.2) is 34.2 Å². The van der Waals surface area contributed by atoms with Gasteiger partial charge in [0.1, 0.15) is 0 Å². The van der Waals surface area contributed by atoms with Crippen LogP contribution in [0, 0.1) is 0 Å². The third-order valence-corrected chi connectivity index (χ3v) is 2.17. The Labute approximate surface area is 76.9 Å². The summed E-state index contributed by atoms with van der Waals surface area (Å²) < 4.78 is 5.05. The molecule has 72 valence electrons. The van der Waals surface area contributed by atoms with Crippen molar-refractivity contribution in [2.45, 2.75) is 25.9 Å². The zero-order valence-electron chi connectivity index (χ0n) is 7.73. The van der Waals surface area contributed by atoms with Gasteiger partial charge in [0.05, 0.1) is 6.54 Å². The molecule has 0 saturated carbocycles. The maximum Gasteiger partial charge on any atom is 0.240 e. The monoisotopic (exact) mass is 182 g/mol. The zero-order chi connectivity index (χ0) is 9.26. The van der Waals surface area contributed by atoms with Crippen molar-refractivity contribution in [2.75, 3.05) is 13.1 Å². The summed E-state index contributed by atoms with van der Waals surface area (Å²) in [6.07, 6.45) is 0.822. The minimum Gasteiger partial charge on any atom is -0.338 e. The number of likely N-dealkylation sites (tertiary alicyclic amines) is 1. The molecule has 0 spiro atoms. The van der Waals surface area contributed by atoms with Crippen LogP contribution >= 0.6 is 0 Å². The van der Waals surface area contributed by atoms with Gasteiger partial charge in [-0.25, -0.2) is 0 Å². The third-order valence-electron chi connectivity index (χ3n) is 2.17. The highest BCUT2D eigenvalue weighted by Gasteiger charge is 2.24. The molecule has 2 rings (SSSR count). The molecule has 1 fully saturated rings. The number of nitrogens with two attached hydrogens (primary N) is 1. The van der Waals surface area contributed by atoms with Crippen LogP contribution in [-0.2, 0) is 13.0 Å². The first-order valence-electron chi connectivity index (χ1n) is 4.57. The van der Waals surface area contributed by atoms with Crippen molar-refractivity contribution in [1.82, 2.24) is 15.0 Å². The number of nitrogens with zero attached hydrogens (tertiary/aromatic N) is 3. The molecule has 0 aromatic carbocycles. The lowest BCUT2D eigenvalue weighted by molar-refractivity contribution is 0.125. The standard InChI is InChI=1S/C8H14N4O/c1-2-7-10-8(13-11-7)5-12-3-6(9)4-12/h6H,2-5,9H2,1H3. The molecule has 0 radical (unpaired) electrons. The van der Waals surface area contributed by atoms with Crippen molar-refractivity contribution in [1.29, 1.82) is 0 Å². The van der Waals surface area contributed by atoms with Gasteiger partial charge in [-0.1, -0.05) is 12.1 Å². The van der Waals surface area contributed by atoms with Crippen LogP contribution in [0.3, 0.4) is 0 Å². The molecular weight excluding hydrogens is 168 g/mol. The lowest BCUT2D eigenvalue weighted by Crippen LogP contribution is -2.54. The summed E-state index contributed by atoms with van der Waals surface area (Å²) in [6.45, 7) is 4.61. The largest absolute Gasteiger partial charge is 0.338 e. The number of hydrogen-bond acceptors (Lipinski definition) is 5. The number of aromatic nitrogens is 2. The molecule has 0 unspecified atom stereocenters. The van der Waals surface area contributed by atoms with Crippen LogP contribution in [0.4, 0.5) is 0 Å². The second kappa shape index (κ2) is 3.43. The minimum absolute atomic E-state index is 0.327. The average Bonchev–Trinajstić information content (AvgIpc) is 2.50. The van der Waals surface area contributed by atoms with Crippen molar-refractivity contribution in [2.24, 2.45) is 5.73 Å². The fourth-order valence-corrected chi connectivity index (χ4v) is 1.43. The molecule has 1 aromatic heterocycles. The highest BCUT2D eigenvalue weighted by Crippen LogP contribution is 2.10. The van der Waals surface area contributed by atoms with Gasteiger partial charge < -0.3 is 10.3 Å². The van der Waals surface area contributed by atoms with Gasteiger partial charge >= 0.3 is 0 Å². The van der Waals surface area contributed by atoms with Crippen LogP contribution in [0.25, 0.3) is 0 Å². The second-order valence-electron chi connectivity index (χ2n) is 3.41. The number of aryl methyl sites for hydroxylation is 1. The highest BCUT2D eigenvalue weighted by atomic mass is 16.5. The van der Waals surface area contributed by atoms with E-state index in [1.807, 2.05) is 6.92 Å². The molecule has 1 aromatic rings. The maximum absolute atomic E-state index is 5.65. The van der Waals surface area contributed by atoms with E-state index in [9.17, 15) is 0 Å². The van der Waals surface area contributed by atoms with Crippen molar-refractivity contribution in [3.05, 3.63) is 11.7 Å². The SMILES string of the molecule is CCc1noc(CN2CC(N)C2)n1. The average molecular weight is 182 g/mol. The molecule has 2 heterocycles. The van der Waals surface area contributed by atoms with E-state index in [1.165, 1.54) is 0 Å². The lowest BCUT2D eigenvalue weighted by atomic mass is 10.1. The Hall–Kier alpha value is -0.940. The van der Waals surface area contributed by atoms with E-state index in [4.69, 9.17) is 10.3 Å². The van der Waals surface area contributed by atoms with Gasteiger partial charge in [-0.15, -0.1) is 0 Å². The van der Waals surface area contributed by atoms with E-state index in [0.717, 1.165) is 31.9 Å². The highest BCUT2D eigenvalue weighted by molar-refractivity contribution is 4.90. The van der Waals surface area contributed by atoms with E-state index in [1.54, 1.807) is 0 Å². The molecule has 5 nitrogen and oxygen atoms in total. The summed E-state index contributed by atoms with van der Waals surface area (Å²) in [6, 6.07) is 0.327. The summed E-state index contributed by atoms with van der Waals surface area (Å²) >= 11 is 0.